The van der Waals surface area contributed by atoms with Crippen LogP contribution in [0, 0.1) is 0 Å². The Kier molecular flexibility index (Phi) is 3.92. The van der Waals surface area contributed by atoms with Gasteiger partial charge in [-0.25, -0.2) is 0 Å². The van der Waals surface area contributed by atoms with Crippen LogP contribution in [0.1, 0.15) is 35.6 Å². The number of alkyl halides is 3. The Labute approximate surface area is 104 Å². The third kappa shape index (κ3) is 3.46. The SMILES string of the molecule is NC1CCCc2cc(CNCC(F)(F)F)ccc21. The van der Waals surface area contributed by atoms with Gasteiger partial charge in [-0.2, -0.15) is 13.2 Å². The molecular weight excluding hydrogens is 241 g/mol. The monoisotopic (exact) mass is 258 g/mol. The van der Waals surface area contributed by atoms with Crippen LogP contribution in [0.5, 0.6) is 0 Å². The summed E-state index contributed by atoms with van der Waals surface area (Å²) < 4.78 is 36.0. The van der Waals surface area contributed by atoms with E-state index in [4.69, 9.17) is 5.73 Å². The number of halogens is 3. The largest absolute Gasteiger partial charge is 0.401 e. The van der Waals surface area contributed by atoms with Crippen molar-refractivity contribution in [1.29, 1.82) is 0 Å². The van der Waals surface area contributed by atoms with Crippen LogP contribution in [0.15, 0.2) is 18.2 Å². The zero-order valence-corrected chi connectivity index (χ0v) is 10.1. The van der Waals surface area contributed by atoms with Crippen molar-refractivity contribution in [1.82, 2.24) is 5.32 Å². The van der Waals surface area contributed by atoms with Crippen LogP contribution in [0.25, 0.3) is 0 Å². The minimum Gasteiger partial charge on any atom is -0.324 e. The second-order valence-corrected chi connectivity index (χ2v) is 4.75. The highest BCUT2D eigenvalue weighted by Crippen LogP contribution is 2.28. The van der Waals surface area contributed by atoms with Crippen molar-refractivity contribution >= 4 is 0 Å². The van der Waals surface area contributed by atoms with Crippen molar-refractivity contribution in [2.45, 2.75) is 38.0 Å². The lowest BCUT2D eigenvalue weighted by atomic mass is 9.87. The van der Waals surface area contributed by atoms with Crippen molar-refractivity contribution in [3.8, 4) is 0 Å². The van der Waals surface area contributed by atoms with Crippen LogP contribution in [0.2, 0.25) is 0 Å². The molecule has 1 unspecified atom stereocenters. The summed E-state index contributed by atoms with van der Waals surface area (Å²) in [6, 6.07) is 5.85. The van der Waals surface area contributed by atoms with Gasteiger partial charge in [0.15, 0.2) is 0 Å². The Morgan fingerprint density at radius 1 is 1.33 bits per heavy atom. The summed E-state index contributed by atoms with van der Waals surface area (Å²) in [6.45, 7) is -0.717. The van der Waals surface area contributed by atoms with Gasteiger partial charge in [-0.15, -0.1) is 0 Å². The molecule has 1 aromatic rings. The van der Waals surface area contributed by atoms with Crippen molar-refractivity contribution in [3.05, 3.63) is 34.9 Å². The maximum Gasteiger partial charge on any atom is 0.401 e. The average Bonchev–Trinajstić information content (AvgIpc) is 2.27. The predicted molar refractivity (Wildman–Crippen MR) is 64.1 cm³/mol. The molecule has 0 radical (unpaired) electrons. The van der Waals surface area contributed by atoms with Gasteiger partial charge >= 0.3 is 6.18 Å². The van der Waals surface area contributed by atoms with Gasteiger partial charge in [0.05, 0.1) is 6.54 Å². The van der Waals surface area contributed by atoms with Gasteiger partial charge in [0.2, 0.25) is 0 Å². The quantitative estimate of drug-likeness (QED) is 0.874. The molecule has 3 N–H and O–H groups in total. The molecule has 2 nitrogen and oxygen atoms in total. The molecular formula is C13H17F3N2. The minimum atomic E-state index is -4.16. The molecule has 1 atom stereocenters. The van der Waals surface area contributed by atoms with E-state index in [0.29, 0.717) is 0 Å². The van der Waals surface area contributed by atoms with Crippen LogP contribution >= 0.6 is 0 Å². The van der Waals surface area contributed by atoms with Crippen LogP contribution in [0.3, 0.4) is 0 Å². The fourth-order valence-corrected chi connectivity index (χ4v) is 2.36. The Morgan fingerprint density at radius 2 is 2.11 bits per heavy atom. The van der Waals surface area contributed by atoms with E-state index in [1.165, 1.54) is 5.56 Å². The lowest BCUT2D eigenvalue weighted by Gasteiger charge is -2.22. The van der Waals surface area contributed by atoms with Crippen molar-refractivity contribution in [2.24, 2.45) is 5.73 Å². The van der Waals surface area contributed by atoms with E-state index in [2.05, 4.69) is 5.32 Å². The summed E-state index contributed by atoms with van der Waals surface area (Å²) in [5.41, 5.74) is 9.19. The molecule has 0 aromatic heterocycles. The first-order valence-electron chi connectivity index (χ1n) is 6.10. The Bertz CT molecular complexity index is 415. The first kappa shape index (κ1) is 13.4. The molecule has 1 aliphatic rings. The van der Waals surface area contributed by atoms with E-state index in [1.54, 1.807) is 0 Å². The van der Waals surface area contributed by atoms with Crippen LogP contribution in [-0.4, -0.2) is 12.7 Å². The van der Waals surface area contributed by atoms with Crippen LogP contribution < -0.4 is 11.1 Å². The van der Waals surface area contributed by atoms with Gasteiger partial charge in [0.25, 0.3) is 0 Å². The number of rotatable bonds is 3. The average molecular weight is 258 g/mol. The molecule has 0 bridgehead atoms. The normalized spacial score (nSPS) is 19.7. The predicted octanol–water partition coefficient (Wildman–Crippen LogP) is 2.67. The fraction of sp³-hybridized carbons (Fsp3) is 0.538. The zero-order valence-electron chi connectivity index (χ0n) is 10.1. The first-order chi connectivity index (χ1) is 8.46. The van der Waals surface area contributed by atoms with Crippen molar-refractivity contribution in [2.75, 3.05) is 6.54 Å². The second kappa shape index (κ2) is 5.28. The Morgan fingerprint density at radius 3 is 2.83 bits per heavy atom. The molecule has 0 aliphatic heterocycles. The highest BCUT2D eigenvalue weighted by molar-refractivity contribution is 5.35. The molecule has 0 heterocycles. The molecule has 0 saturated carbocycles. The van der Waals surface area contributed by atoms with Gasteiger partial charge in [-0.3, -0.25) is 0 Å². The van der Waals surface area contributed by atoms with E-state index in [9.17, 15) is 13.2 Å². The number of nitrogens with two attached hydrogens (primary N) is 1. The summed E-state index contributed by atoms with van der Waals surface area (Å²) in [5.74, 6) is 0. The topological polar surface area (TPSA) is 38.0 Å². The van der Waals surface area contributed by atoms with Gasteiger partial charge in [0.1, 0.15) is 0 Å². The number of hydrogen-bond acceptors (Lipinski definition) is 2. The van der Waals surface area contributed by atoms with Crippen molar-refractivity contribution in [3.63, 3.8) is 0 Å². The van der Waals surface area contributed by atoms with E-state index >= 15 is 0 Å². The fourth-order valence-electron chi connectivity index (χ4n) is 2.36. The maximum atomic E-state index is 12.0. The number of aryl methyl sites for hydroxylation is 1. The molecule has 18 heavy (non-hydrogen) atoms. The molecule has 100 valence electrons. The van der Waals surface area contributed by atoms with Crippen molar-refractivity contribution < 1.29 is 13.2 Å². The molecule has 0 fully saturated rings. The summed E-state index contributed by atoms with van der Waals surface area (Å²) in [4.78, 5) is 0. The lowest BCUT2D eigenvalue weighted by Crippen LogP contribution is -2.28. The van der Waals surface area contributed by atoms with Crippen LogP contribution in [0.4, 0.5) is 13.2 Å². The highest BCUT2D eigenvalue weighted by Gasteiger charge is 2.26. The molecule has 5 heteroatoms. The van der Waals surface area contributed by atoms with E-state index in [-0.39, 0.29) is 12.6 Å². The first-order valence-corrected chi connectivity index (χ1v) is 6.10. The minimum absolute atomic E-state index is 0.0749. The Balaban J connectivity index is 1.99. The Hall–Kier alpha value is -1.07. The summed E-state index contributed by atoms with van der Waals surface area (Å²) in [6.07, 6.45) is -1.15. The zero-order chi connectivity index (χ0) is 13.2. The molecule has 0 amide bonds. The van der Waals surface area contributed by atoms with E-state index in [0.717, 1.165) is 30.4 Å². The third-order valence-corrected chi connectivity index (χ3v) is 3.22. The standard InChI is InChI=1S/C13H17F3N2/c14-13(15,16)8-18-7-9-4-5-11-10(6-9)2-1-3-12(11)17/h4-6,12,18H,1-3,7-8,17H2. The number of benzene rings is 1. The highest BCUT2D eigenvalue weighted by atomic mass is 19.4. The molecule has 2 rings (SSSR count). The van der Waals surface area contributed by atoms with Gasteiger partial charge in [-0.1, -0.05) is 18.2 Å². The number of nitrogens with one attached hydrogen (secondary N) is 1. The van der Waals surface area contributed by atoms with E-state index in [1.807, 2.05) is 18.2 Å². The summed E-state index contributed by atoms with van der Waals surface area (Å²) >= 11 is 0. The molecule has 1 aromatic carbocycles. The summed E-state index contributed by atoms with van der Waals surface area (Å²) in [7, 11) is 0. The maximum absolute atomic E-state index is 12.0. The molecule has 0 spiro atoms. The second-order valence-electron chi connectivity index (χ2n) is 4.75. The number of hydrogen-bond donors (Lipinski definition) is 2. The van der Waals surface area contributed by atoms with Crippen LogP contribution in [-0.2, 0) is 13.0 Å². The lowest BCUT2D eigenvalue weighted by molar-refractivity contribution is -0.125. The molecule has 1 aliphatic carbocycles. The third-order valence-electron chi connectivity index (χ3n) is 3.22. The molecule has 0 saturated heterocycles. The summed E-state index contributed by atoms with van der Waals surface area (Å²) in [5, 5.41) is 2.40. The van der Waals surface area contributed by atoms with Gasteiger partial charge in [-0.05, 0) is 36.0 Å². The van der Waals surface area contributed by atoms with E-state index < -0.39 is 12.7 Å². The number of fused-ring (bicyclic) bond motifs is 1. The van der Waals surface area contributed by atoms with Gasteiger partial charge in [0, 0.05) is 12.6 Å². The van der Waals surface area contributed by atoms with Gasteiger partial charge < -0.3 is 11.1 Å². The smallest absolute Gasteiger partial charge is 0.324 e.